The van der Waals surface area contributed by atoms with Crippen molar-refractivity contribution in [2.24, 2.45) is 0 Å². The van der Waals surface area contributed by atoms with Crippen LogP contribution in [0.4, 0.5) is 0 Å². The SMILES string of the molecule is CN(C)CCCN(C)C.[Cl][Co]([Cl])[Cl]. The van der Waals surface area contributed by atoms with E-state index in [0.717, 1.165) is 0 Å². The van der Waals surface area contributed by atoms with Gasteiger partial charge in [0.25, 0.3) is 0 Å². The Morgan fingerprint density at radius 3 is 1.23 bits per heavy atom. The van der Waals surface area contributed by atoms with E-state index in [1.165, 1.54) is 19.5 Å². The van der Waals surface area contributed by atoms with Gasteiger partial charge in [-0.2, -0.15) is 0 Å². The van der Waals surface area contributed by atoms with E-state index in [0.29, 0.717) is 0 Å². The monoisotopic (exact) mass is 294 g/mol. The minimum absolute atomic E-state index is 1.19. The van der Waals surface area contributed by atoms with Gasteiger partial charge in [0.1, 0.15) is 0 Å². The van der Waals surface area contributed by atoms with Crippen LogP contribution in [0.2, 0.25) is 0 Å². The maximum atomic E-state index is 4.87. The Hall–Kier alpha value is 1.30. The molecule has 2 nitrogen and oxygen atoms in total. The third-order valence-electron chi connectivity index (χ3n) is 1.21. The molecule has 0 aliphatic heterocycles. The zero-order valence-corrected chi connectivity index (χ0v) is 11.8. The average molecular weight is 296 g/mol. The quantitative estimate of drug-likeness (QED) is 0.786. The maximum absolute atomic E-state index is 4.87. The van der Waals surface area contributed by atoms with E-state index >= 15 is 0 Å². The van der Waals surface area contributed by atoms with Gasteiger partial charge in [0.05, 0.1) is 0 Å². The topological polar surface area (TPSA) is 6.48 Å². The molecule has 0 heterocycles. The van der Waals surface area contributed by atoms with Gasteiger partial charge in [0.2, 0.25) is 0 Å². The second-order valence-electron chi connectivity index (χ2n) is 3.10. The van der Waals surface area contributed by atoms with Gasteiger partial charge in [-0.05, 0) is 47.7 Å². The van der Waals surface area contributed by atoms with Gasteiger partial charge in [-0.1, -0.05) is 0 Å². The van der Waals surface area contributed by atoms with Crippen LogP contribution in [0.5, 0.6) is 0 Å². The van der Waals surface area contributed by atoms with Crippen molar-refractivity contribution in [2.45, 2.75) is 6.42 Å². The van der Waals surface area contributed by atoms with Crippen molar-refractivity contribution in [1.29, 1.82) is 0 Å². The van der Waals surface area contributed by atoms with Gasteiger partial charge in [0.15, 0.2) is 0 Å². The molecule has 0 aromatic heterocycles. The average Bonchev–Trinajstić information content (AvgIpc) is 1.83. The van der Waals surface area contributed by atoms with E-state index in [1.54, 1.807) is 0 Å². The van der Waals surface area contributed by atoms with Crippen molar-refractivity contribution >= 4 is 30.4 Å². The van der Waals surface area contributed by atoms with Gasteiger partial charge in [0, 0.05) is 0 Å². The van der Waals surface area contributed by atoms with Crippen LogP contribution in [-0.4, -0.2) is 51.1 Å². The van der Waals surface area contributed by atoms with Crippen LogP contribution in [0.15, 0.2) is 0 Å². The summed E-state index contributed by atoms with van der Waals surface area (Å²) in [5, 5.41) is 0. The van der Waals surface area contributed by atoms with E-state index in [4.69, 9.17) is 30.4 Å². The van der Waals surface area contributed by atoms with Crippen molar-refractivity contribution in [3.8, 4) is 0 Å². The van der Waals surface area contributed by atoms with Gasteiger partial charge in [-0.25, -0.2) is 0 Å². The van der Waals surface area contributed by atoms with Crippen molar-refractivity contribution in [3.05, 3.63) is 0 Å². The second-order valence-corrected chi connectivity index (χ2v) is 8.26. The zero-order chi connectivity index (χ0) is 10.9. The Labute approximate surface area is 98.6 Å². The van der Waals surface area contributed by atoms with Gasteiger partial charge < -0.3 is 9.80 Å². The Morgan fingerprint density at radius 2 is 1.08 bits per heavy atom. The van der Waals surface area contributed by atoms with Crippen LogP contribution < -0.4 is 0 Å². The molecule has 0 N–H and O–H groups in total. The van der Waals surface area contributed by atoms with Crippen molar-refractivity contribution in [1.82, 2.24) is 9.80 Å². The molecule has 0 atom stereocenters. The molecule has 0 aliphatic carbocycles. The molecule has 0 unspecified atom stereocenters. The molecule has 0 fully saturated rings. The third-order valence-corrected chi connectivity index (χ3v) is 1.21. The number of hydrogen-bond donors (Lipinski definition) is 0. The summed E-state index contributed by atoms with van der Waals surface area (Å²) in [6.07, 6.45) is 1.26. The minimum atomic E-state index is -1.19. The molecule has 0 aliphatic rings. The predicted molar refractivity (Wildman–Crippen MR) is 59.3 cm³/mol. The van der Waals surface area contributed by atoms with Crippen molar-refractivity contribution in [3.63, 3.8) is 0 Å². The summed E-state index contributed by atoms with van der Waals surface area (Å²) in [7, 11) is 21.8. The fourth-order valence-electron chi connectivity index (χ4n) is 0.703. The summed E-state index contributed by atoms with van der Waals surface area (Å²) in [6.45, 7) is 2.39. The molecule has 0 amide bonds. The van der Waals surface area contributed by atoms with Crippen LogP contribution in [-0.2, 0) is 10.9 Å². The number of hydrogen-bond acceptors (Lipinski definition) is 2. The molecule has 0 bridgehead atoms. The first-order valence-electron chi connectivity index (χ1n) is 3.80. The Bertz CT molecular complexity index is 91.0. The van der Waals surface area contributed by atoms with Crippen molar-refractivity contribution in [2.75, 3.05) is 41.3 Å². The van der Waals surface area contributed by atoms with Gasteiger partial charge in [-0.3, -0.25) is 0 Å². The molecule has 0 aromatic rings. The molecule has 6 heteroatoms. The second kappa shape index (κ2) is 11.4. The summed E-state index contributed by atoms with van der Waals surface area (Å²) < 4.78 is 0. The fourth-order valence-corrected chi connectivity index (χ4v) is 0.703. The molecular weight excluding hydrogens is 277 g/mol. The summed E-state index contributed by atoms with van der Waals surface area (Å²) in [4.78, 5) is 4.42. The predicted octanol–water partition coefficient (Wildman–Crippen LogP) is 2.57. The molecule has 86 valence electrons. The first-order chi connectivity index (χ1) is 5.86. The molecule has 0 spiro atoms. The number of halogens is 3. The van der Waals surface area contributed by atoms with Crippen LogP contribution in [0.3, 0.4) is 0 Å². The van der Waals surface area contributed by atoms with Crippen LogP contribution in [0.1, 0.15) is 6.42 Å². The zero-order valence-electron chi connectivity index (χ0n) is 8.48. The van der Waals surface area contributed by atoms with E-state index in [2.05, 4.69) is 38.0 Å². The molecule has 13 heavy (non-hydrogen) atoms. The summed E-state index contributed by atoms with van der Waals surface area (Å²) in [5.41, 5.74) is 0. The third kappa shape index (κ3) is 31.9. The van der Waals surface area contributed by atoms with Crippen LogP contribution >= 0.6 is 30.4 Å². The Morgan fingerprint density at radius 1 is 0.846 bits per heavy atom. The van der Waals surface area contributed by atoms with E-state index in [9.17, 15) is 0 Å². The first-order valence-corrected chi connectivity index (χ1v) is 8.10. The first kappa shape index (κ1) is 16.7. The molecule has 0 rings (SSSR count). The summed E-state index contributed by atoms with van der Waals surface area (Å²) in [5.74, 6) is 0. The summed E-state index contributed by atoms with van der Waals surface area (Å²) >= 11 is 0. The molecule has 0 radical (unpaired) electrons. The van der Waals surface area contributed by atoms with Crippen LogP contribution in [0.25, 0.3) is 0 Å². The molecule has 0 saturated carbocycles. The molecular formula is C7H18Cl3CoN2. The Balaban J connectivity index is 0. The fraction of sp³-hybridized carbons (Fsp3) is 1.00. The molecule has 0 saturated heterocycles. The normalized spacial score (nSPS) is 11.3. The van der Waals surface area contributed by atoms with Gasteiger partial charge >= 0.3 is 41.4 Å². The standard InChI is InChI=1S/C7H18N2.3ClH.Co/c1-8(2)6-5-7-9(3)4;;;;/h5-7H2,1-4H3;3*1H;/q;;;;+3/p-3. The summed E-state index contributed by atoms with van der Waals surface area (Å²) in [6, 6.07) is 0. The Kier molecular flexibility index (Phi) is 14.6. The van der Waals surface area contributed by atoms with E-state index < -0.39 is 10.9 Å². The van der Waals surface area contributed by atoms with E-state index in [1.807, 2.05) is 0 Å². The van der Waals surface area contributed by atoms with Crippen molar-refractivity contribution < 1.29 is 10.9 Å². The number of rotatable bonds is 4. The van der Waals surface area contributed by atoms with Crippen LogP contribution in [0, 0.1) is 0 Å². The van der Waals surface area contributed by atoms with E-state index in [-0.39, 0.29) is 0 Å². The van der Waals surface area contributed by atoms with Gasteiger partial charge in [-0.15, -0.1) is 0 Å². The number of nitrogens with zero attached hydrogens (tertiary/aromatic N) is 2. The molecule has 0 aromatic carbocycles.